The summed E-state index contributed by atoms with van der Waals surface area (Å²) in [5.74, 6) is -1.97. The van der Waals surface area contributed by atoms with Gasteiger partial charge in [0.15, 0.2) is 5.60 Å². The third kappa shape index (κ3) is 5.68. The first-order chi connectivity index (χ1) is 10.8. The highest BCUT2D eigenvalue weighted by Crippen LogP contribution is 2.28. The number of hydrogen-bond donors (Lipinski definition) is 0. The van der Waals surface area contributed by atoms with Crippen molar-refractivity contribution in [3.05, 3.63) is 36.5 Å². The first kappa shape index (κ1) is 21.6. The highest BCUT2D eigenvalue weighted by molar-refractivity contribution is 5.89. The van der Waals surface area contributed by atoms with Gasteiger partial charge in [-0.05, 0) is 41.5 Å². The van der Waals surface area contributed by atoms with Crippen LogP contribution in [0.1, 0.15) is 41.5 Å². The van der Waals surface area contributed by atoms with Crippen LogP contribution in [-0.2, 0) is 28.6 Å². The molecule has 0 aromatic heterocycles. The molecule has 0 aliphatic heterocycles. The van der Waals surface area contributed by atoms with E-state index in [2.05, 4.69) is 19.7 Å². The Morgan fingerprint density at radius 2 is 1.04 bits per heavy atom. The maximum atomic E-state index is 12.0. The van der Waals surface area contributed by atoms with E-state index in [0.717, 1.165) is 0 Å². The van der Waals surface area contributed by atoms with Crippen LogP contribution in [0.3, 0.4) is 0 Å². The summed E-state index contributed by atoms with van der Waals surface area (Å²) in [6.45, 7) is 19.6. The summed E-state index contributed by atoms with van der Waals surface area (Å²) in [4.78, 5) is 35.5. The normalized spacial score (nSPS) is 15.2. The predicted molar refractivity (Wildman–Crippen MR) is 90.0 cm³/mol. The van der Waals surface area contributed by atoms with Gasteiger partial charge in [0, 0.05) is 16.7 Å². The minimum Gasteiger partial charge on any atom is -0.455 e. The second-order valence-corrected chi connectivity index (χ2v) is 6.01. The van der Waals surface area contributed by atoms with Crippen molar-refractivity contribution in [2.75, 3.05) is 0 Å². The molecule has 0 N–H and O–H groups in total. The van der Waals surface area contributed by atoms with Gasteiger partial charge in [0.1, 0.15) is 12.2 Å². The largest absolute Gasteiger partial charge is 0.455 e. The molecule has 0 bridgehead atoms. The molecule has 0 saturated heterocycles. The summed E-state index contributed by atoms with van der Waals surface area (Å²) < 4.78 is 16.0. The minimum atomic E-state index is -1.42. The molecule has 0 aliphatic rings. The monoisotopic (exact) mass is 338 g/mol. The number of carbonyl (C=O) groups excluding carboxylic acids is 3. The van der Waals surface area contributed by atoms with E-state index >= 15 is 0 Å². The fraction of sp³-hybridized carbons (Fsp3) is 0.500. The number of ether oxygens (including phenoxy) is 3. The zero-order valence-corrected chi connectivity index (χ0v) is 15.2. The van der Waals surface area contributed by atoms with E-state index in [9.17, 15) is 14.4 Å². The van der Waals surface area contributed by atoms with Crippen molar-refractivity contribution in [2.24, 2.45) is 0 Å². The lowest BCUT2D eigenvalue weighted by molar-refractivity contribution is -0.201. The molecule has 24 heavy (non-hydrogen) atoms. The first-order valence-electron chi connectivity index (χ1n) is 7.44. The van der Waals surface area contributed by atoms with E-state index in [0.29, 0.717) is 0 Å². The number of esters is 3. The Kier molecular flexibility index (Phi) is 7.64. The molecule has 0 aromatic carbocycles. The van der Waals surface area contributed by atoms with Crippen molar-refractivity contribution in [2.45, 2.75) is 59.4 Å². The van der Waals surface area contributed by atoms with Crippen LogP contribution in [0.25, 0.3) is 0 Å². The van der Waals surface area contributed by atoms with E-state index < -0.39 is 35.7 Å². The van der Waals surface area contributed by atoms with Crippen molar-refractivity contribution >= 4 is 17.9 Å². The molecule has 0 rings (SSSR count). The van der Waals surface area contributed by atoms with Crippen molar-refractivity contribution < 1.29 is 28.6 Å². The van der Waals surface area contributed by atoms with Gasteiger partial charge in [-0.2, -0.15) is 0 Å². The van der Waals surface area contributed by atoms with Crippen LogP contribution < -0.4 is 0 Å². The molecule has 0 aromatic rings. The number of carbonyl (C=O) groups is 3. The van der Waals surface area contributed by atoms with Gasteiger partial charge in [0.25, 0.3) is 0 Å². The highest BCUT2D eigenvalue weighted by atomic mass is 16.6. The number of hydrogen-bond acceptors (Lipinski definition) is 6. The van der Waals surface area contributed by atoms with Crippen LogP contribution in [0.2, 0.25) is 0 Å². The molecule has 0 aliphatic carbocycles. The Labute approximate surface area is 143 Å². The van der Waals surface area contributed by atoms with Gasteiger partial charge in [0.2, 0.25) is 0 Å². The second kappa shape index (κ2) is 8.47. The summed E-state index contributed by atoms with van der Waals surface area (Å²) in [6, 6.07) is 0. The molecule has 2 unspecified atom stereocenters. The molecular formula is C18H26O6. The zero-order chi connectivity index (χ0) is 19.2. The van der Waals surface area contributed by atoms with Crippen molar-refractivity contribution in [3.8, 4) is 0 Å². The van der Waals surface area contributed by atoms with E-state index in [1.807, 2.05) is 0 Å². The van der Waals surface area contributed by atoms with Gasteiger partial charge in [-0.3, -0.25) is 0 Å². The van der Waals surface area contributed by atoms with Crippen molar-refractivity contribution in [1.82, 2.24) is 0 Å². The molecule has 0 radical (unpaired) electrons. The predicted octanol–water partition coefficient (Wildman–Crippen LogP) is 2.88. The molecule has 0 heterocycles. The van der Waals surface area contributed by atoms with Gasteiger partial charge < -0.3 is 14.2 Å². The molecular weight excluding hydrogens is 312 g/mol. The number of rotatable bonds is 8. The quantitative estimate of drug-likeness (QED) is 0.385. The van der Waals surface area contributed by atoms with Crippen LogP contribution in [0, 0.1) is 0 Å². The van der Waals surface area contributed by atoms with Crippen molar-refractivity contribution in [3.63, 3.8) is 0 Å². The standard InChI is InChI=1S/C18H26O6/c1-10(2)15(19)22-13(7)18(9,24-17(21)12(5)6)14(8)23-16(20)11(3)4/h13-14H,1,3,5H2,2,4,6-9H3. The van der Waals surface area contributed by atoms with E-state index in [4.69, 9.17) is 14.2 Å². The van der Waals surface area contributed by atoms with Gasteiger partial charge in [-0.25, -0.2) is 14.4 Å². The topological polar surface area (TPSA) is 78.9 Å². The van der Waals surface area contributed by atoms with Crippen LogP contribution in [0.5, 0.6) is 0 Å². The van der Waals surface area contributed by atoms with E-state index in [-0.39, 0.29) is 16.7 Å². The smallest absolute Gasteiger partial charge is 0.333 e. The van der Waals surface area contributed by atoms with Gasteiger partial charge in [0.05, 0.1) is 0 Å². The van der Waals surface area contributed by atoms with Crippen LogP contribution >= 0.6 is 0 Å². The van der Waals surface area contributed by atoms with Crippen molar-refractivity contribution in [1.29, 1.82) is 0 Å². The molecule has 0 spiro atoms. The molecule has 0 fully saturated rings. The molecule has 6 heteroatoms. The summed E-state index contributed by atoms with van der Waals surface area (Å²) in [7, 11) is 0. The average molecular weight is 338 g/mol. The summed E-state index contributed by atoms with van der Waals surface area (Å²) in [5.41, 5.74) is -0.867. The van der Waals surface area contributed by atoms with Crippen LogP contribution in [-0.4, -0.2) is 35.7 Å². The minimum absolute atomic E-state index is 0.165. The average Bonchev–Trinajstić information content (AvgIpc) is 2.45. The molecule has 0 saturated carbocycles. The van der Waals surface area contributed by atoms with E-state index in [1.165, 1.54) is 41.5 Å². The molecule has 134 valence electrons. The summed E-state index contributed by atoms with van der Waals surface area (Å²) >= 11 is 0. The Bertz CT molecular complexity index is 538. The third-order valence-electron chi connectivity index (χ3n) is 3.54. The third-order valence-corrected chi connectivity index (χ3v) is 3.54. The lowest BCUT2D eigenvalue weighted by atomic mass is 9.93. The highest BCUT2D eigenvalue weighted by Gasteiger charge is 2.45. The van der Waals surface area contributed by atoms with Gasteiger partial charge >= 0.3 is 17.9 Å². The van der Waals surface area contributed by atoms with Gasteiger partial charge in [-0.15, -0.1) is 0 Å². The Morgan fingerprint density at radius 3 is 1.29 bits per heavy atom. The fourth-order valence-electron chi connectivity index (χ4n) is 1.54. The maximum Gasteiger partial charge on any atom is 0.333 e. The van der Waals surface area contributed by atoms with Crippen LogP contribution in [0.15, 0.2) is 36.5 Å². The SMILES string of the molecule is C=C(C)C(=O)OC(C)C(C)(OC(=O)C(=C)C)C(C)OC(=O)C(=C)C. The lowest BCUT2D eigenvalue weighted by Gasteiger charge is -2.38. The molecule has 6 nitrogen and oxygen atoms in total. The Morgan fingerprint density at radius 1 is 0.750 bits per heavy atom. The van der Waals surface area contributed by atoms with E-state index in [1.54, 1.807) is 0 Å². The van der Waals surface area contributed by atoms with Crippen LogP contribution in [0.4, 0.5) is 0 Å². The Hall–Kier alpha value is -2.37. The zero-order valence-electron chi connectivity index (χ0n) is 15.2. The maximum absolute atomic E-state index is 12.0. The molecule has 0 amide bonds. The Balaban J connectivity index is 5.55. The molecule has 2 atom stereocenters. The summed E-state index contributed by atoms with van der Waals surface area (Å²) in [6.07, 6.45) is -1.81. The lowest BCUT2D eigenvalue weighted by Crippen LogP contribution is -2.54. The fourth-order valence-corrected chi connectivity index (χ4v) is 1.54. The summed E-state index contributed by atoms with van der Waals surface area (Å²) in [5, 5.41) is 0. The first-order valence-corrected chi connectivity index (χ1v) is 7.44. The van der Waals surface area contributed by atoms with Gasteiger partial charge in [-0.1, -0.05) is 19.7 Å². The second-order valence-electron chi connectivity index (χ2n) is 6.01.